The van der Waals surface area contributed by atoms with Crippen molar-refractivity contribution >= 4 is 28.4 Å². The molecule has 0 aliphatic rings. The van der Waals surface area contributed by atoms with Crippen molar-refractivity contribution in [3.63, 3.8) is 0 Å². The van der Waals surface area contributed by atoms with Gasteiger partial charge in [-0.05, 0) is 36.8 Å². The SMILES string of the molecule is Cc1nn(-c2ccc(NC(=O)[C@H](O)c3cccc(F)c3)c(F)c2)c2c(N)ncnc12. The van der Waals surface area contributed by atoms with E-state index in [2.05, 4.69) is 20.4 Å². The fourth-order valence-corrected chi connectivity index (χ4v) is 3.07. The van der Waals surface area contributed by atoms with Gasteiger partial charge in [0.1, 0.15) is 29.0 Å². The van der Waals surface area contributed by atoms with Crippen LogP contribution in [0, 0.1) is 18.6 Å². The van der Waals surface area contributed by atoms with Crippen LogP contribution in [0.3, 0.4) is 0 Å². The molecule has 30 heavy (non-hydrogen) atoms. The first kappa shape index (κ1) is 19.4. The molecule has 0 unspecified atom stereocenters. The molecule has 4 aromatic rings. The summed E-state index contributed by atoms with van der Waals surface area (Å²) in [6, 6.07) is 8.97. The number of aliphatic hydroxyl groups excluding tert-OH is 1. The van der Waals surface area contributed by atoms with Crippen LogP contribution in [0.15, 0.2) is 48.8 Å². The van der Waals surface area contributed by atoms with E-state index in [1.54, 1.807) is 6.92 Å². The van der Waals surface area contributed by atoms with Gasteiger partial charge in [-0.15, -0.1) is 0 Å². The average Bonchev–Trinajstić information content (AvgIpc) is 3.07. The summed E-state index contributed by atoms with van der Waals surface area (Å²) in [5, 5.41) is 16.7. The quantitative estimate of drug-likeness (QED) is 0.476. The number of aliphatic hydroxyl groups is 1. The zero-order chi connectivity index (χ0) is 21.4. The number of amides is 1. The molecule has 152 valence electrons. The standard InChI is InChI=1S/C20H16F2N6O2/c1-10-16-17(19(23)25-9-24-16)28(27-10)13-5-6-15(14(22)8-13)26-20(30)18(29)11-3-2-4-12(21)7-11/h2-9,18,29H,1H3,(H,26,30)(H2,23,24,25)/t18-/m1/s1. The van der Waals surface area contributed by atoms with Crippen LogP contribution in [0.1, 0.15) is 17.4 Å². The maximum Gasteiger partial charge on any atom is 0.257 e. The number of rotatable bonds is 4. The minimum absolute atomic E-state index is 0.0542. The molecule has 4 rings (SSSR count). The predicted molar refractivity (Wildman–Crippen MR) is 106 cm³/mol. The number of benzene rings is 2. The third-order valence-electron chi connectivity index (χ3n) is 4.52. The molecule has 0 saturated carbocycles. The highest BCUT2D eigenvalue weighted by Gasteiger charge is 2.20. The van der Waals surface area contributed by atoms with Crippen LogP contribution in [-0.2, 0) is 4.79 Å². The van der Waals surface area contributed by atoms with Crippen molar-refractivity contribution in [3.05, 3.63) is 71.7 Å². The van der Waals surface area contributed by atoms with Crippen molar-refractivity contribution in [2.45, 2.75) is 13.0 Å². The molecule has 2 heterocycles. The maximum absolute atomic E-state index is 14.7. The molecule has 0 saturated heterocycles. The summed E-state index contributed by atoms with van der Waals surface area (Å²) in [4.78, 5) is 20.3. The van der Waals surface area contributed by atoms with Crippen LogP contribution in [-0.4, -0.2) is 30.8 Å². The fourth-order valence-electron chi connectivity index (χ4n) is 3.07. The molecule has 2 aromatic heterocycles. The topological polar surface area (TPSA) is 119 Å². The first-order valence-corrected chi connectivity index (χ1v) is 8.85. The van der Waals surface area contributed by atoms with Crippen molar-refractivity contribution in [2.75, 3.05) is 11.1 Å². The van der Waals surface area contributed by atoms with E-state index in [1.807, 2.05) is 0 Å². The van der Waals surface area contributed by atoms with Crippen LogP contribution in [0.4, 0.5) is 20.3 Å². The molecular weight excluding hydrogens is 394 g/mol. The molecule has 0 aliphatic carbocycles. The summed E-state index contributed by atoms with van der Waals surface area (Å²) < 4.78 is 29.4. The van der Waals surface area contributed by atoms with E-state index in [9.17, 15) is 18.7 Å². The van der Waals surface area contributed by atoms with E-state index in [-0.39, 0.29) is 17.1 Å². The average molecular weight is 410 g/mol. The van der Waals surface area contributed by atoms with E-state index in [4.69, 9.17) is 5.73 Å². The van der Waals surface area contributed by atoms with Crippen LogP contribution < -0.4 is 11.1 Å². The lowest BCUT2D eigenvalue weighted by Crippen LogP contribution is -2.21. The van der Waals surface area contributed by atoms with Gasteiger partial charge in [-0.2, -0.15) is 5.10 Å². The Kier molecular flexibility index (Phi) is 4.84. The molecule has 10 heteroatoms. The molecule has 1 atom stereocenters. The highest BCUT2D eigenvalue weighted by molar-refractivity contribution is 5.95. The van der Waals surface area contributed by atoms with Crippen molar-refractivity contribution in [1.82, 2.24) is 19.7 Å². The second kappa shape index (κ2) is 7.48. The number of anilines is 2. The van der Waals surface area contributed by atoms with Gasteiger partial charge in [0.05, 0.1) is 17.1 Å². The number of nitrogens with two attached hydrogens (primary N) is 1. The van der Waals surface area contributed by atoms with Crippen molar-refractivity contribution in [3.8, 4) is 5.69 Å². The molecule has 2 aromatic carbocycles. The first-order chi connectivity index (χ1) is 14.3. The summed E-state index contributed by atoms with van der Waals surface area (Å²) in [7, 11) is 0. The molecule has 0 spiro atoms. The summed E-state index contributed by atoms with van der Waals surface area (Å²) in [5.74, 6) is -2.06. The number of fused-ring (bicyclic) bond motifs is 1. The van der Waals surface area contributed by atoms with Crippen molar-refractivity contribution in [1.29, 1.82) is 0 Å². The van der Waals surface area contributed by atoms with E-state index in [0.29, 0.717) is 22.4 Å². The number of hydrogen-bond acceptors (Lipinski definition) is 6. The number of nitrogen functional groups attached to an aromatic ring is 1. The Bertz CT molecular complexity index is 1270. The third-order valence-corrected chi connectivity index (χ3v) is 4.52. The maximum atomic E-state index is 14.7. The number of nitrogens with one attached hydrogen (secondary N) is 1. The zero-order valence-electron chi connectivity index (χ0n) is 15.7. The van der Waals surface area contributed by atoms with Gasteiger partial charge in [0.25, 0.3) is 5.91 Å². The highest BCUT2D eigenvalue weighted by Crippen LogP contribution is 2.26. The van der Waals surface area contributed by atoms with Gasteiger partial charge in [-0.25, -0.2) is 23.4 Å². The lowest BCUT2D eigenvalue weighted by molar-refractivity contribution is -0.124. The van der Waals surface area contributed by atoms with Crippen LogP contribution in [0.5, 0.6) is 0 Å². The van der Waals surface area contributed by atoms with Gasteiger partial charge in [-0.3, -0.25) is 4.79 Å². The van der Waals surface area contributed by atoms with Gasteiger partial charge in [0, 0.05) is 6.07 Å². The van der Waals surface area contributed by atoms with Crippen molar-refractivity contribution in [2.24, 2.45) is 0 Å². The Labute approximate surface area is 169 Å². The number of halogens is 2. The number of aromatic nitrogens is 4. The number of carbonyl (C=O) groups is 1. The van der Waals surface area contributed by atoms with Gasteiger partial charge in [0.2, 0.25) is 0 Å². The predicted octanol–water partition coefficient (Wildman–Crippen LogP) is 2.66. The number of carbonyl (C=O) groups excluding carboxylic acids is 1. The van der Waals surface area contributed by atoms with Crippen molar-refractivity contribution < 1.29 is 18.7 Å². The molecule has 0 radical (unpaired) electrons. The molecule has 0 aliphatic heterocycles. The molecular formula is C20H16F2N6O2. The highest BCUT2D eigenvalue weighted by atomic mass is 19.1. The number of nitrogens with zero attached hydrogens (tertiary/aromatic N) is 4. The number of aryl methyl sites for hydroxylation is 1. The van der Waals surface area contributed by atoms with Gasteiger partial charge in [-0.1, -0.05) is 12.1 Å². The Hall–Kier alpha value is -3.92. The molecule has 0 fully saturated rings. The van der Waals surface area contributed by atoms with Crippen LogP contribution in [0.2, 0.25) is 0 Å². The molecule has 4 N–H and O–H groups in total. The van der Waals surface area contributed by atoms with Gasteiger partial charge < -0.3 is 16.2 Å². The summed E-state index contributed by atoms with van der Waals surface area (Å²) in [6.07, 6.45) is -0.339. The van der Waals surface area contributed by atoms with Crippen LogP contribution >= 0.6 is 0 Å². The monoisotopic (exact) mass is 410 g/mol. The largest absolute Gasteiger partial charge is 0.382 e. The van der Waals surface area contributed by atoms with Crippen LogP contribution in [0.25, 0.3) is 16.7 Å². The second-order valence-corrected chi connectivity index (χ2v) is 6.56. The summed E-state index contributed by atoms with van der Waals surface area (Å²) >= 11 is 0. The van der Waals surface area contributed by atoms with Gasteiger partial charge in [0.15, 0.2) is 11.9 Å². The van der Waals surface area contributed by atoms with Gasteiger partial charge >= 0.3 is 0 Å². The summed E-state index contributed by atoms with van der Waals surface area (Å²) in [5.41, 5.74) is 7.74. The molecule has 0 bridgehead atoms. The normalized spacial score (nSPS) is 12.1. The Morgan fingerprint density at radius 2 is 2.00 bits per heavy atom. The smallest absolute Gasteiger partial charge is 0.257 e. The molecule has 1 amide bonds. The first-order valence-electron chi connectivity index (χ1n) is 8.85. The van der Waals surface area contributed by atoms with E-state index in [1.165, 1.54) is 41.3 Å². The fraction of sp³-hybridized carbons (Fsp3) is 0.100. The Morgan fingerprint density at radius 1 is 1.20 bits per heavy atom. The summed E-state index contributed by atoms with van der Waals surface area (Å²) in [6.45, 7) is 1.74. The lowest BCUT2D eigenvalue weighted by atomic mass is 10.1. The van der Waals surface area contributed by atoms with E-state index < -0.39 is 23.6 Å². The second-order valence-electron chi connectivity index (χ2n) is 6.56. The Balaban J connectivity index is 1.62. The number of hydrogen-bond donors (Lipinski definition) is 3. The van der Waals surface area contributed by atoms with E-state index in [0.717, 1.165) is 12.1 Å². The van der Waals surface area contributed by atoms with E-state index >= 15 is 0 Å². The molecule has 8 nitrogen and oxygen atoms in total. The zero-order valence-corrected chi connectivity index (χ0v) is 15.7. The minimum Gasteiger partial charge on any atom is -0.382 e. The lowest BCUT2D eigenvalue weighted by Gasteiger charge is -2.13. The minimum atomic E-state index is -1.66. The third kappa shape index (κ3) is 3.44. The Morgan fingerprint density at radius 3 is 2.73 bits per heavy atom.